The minimum absolute atomic E-state index is 0.126. The van der Waals surface area contributed by atoms with Crippen LogP contribution in [-0.4, -0.2) is 28.3 Å². The summed E-state index contributed by atoms with van der Waals surface area (Å²) in [4.78, 5) is 18.1. The van der Waals surface area contributed by atoms with Gasteiger partial charge in [0.1, 0.15) is 5.16 Å². The van der Waals surface area contributed by atoms with Gasteiger partial charge in [-0.05, 0) is 19.9 Å². The van der Waals surface area contributed by atoms with E-state index in [9.17, 15) is 4.79 Å². The van der Waals surface area contributed by atoms with Crippen LogP contribution in [0.2, 0.25) is 0 Å². The molecule has 0 radical (unpaired) electrons. The molecule has 3 nitrogen and oxygen atoms in total. The number of carbonyl (C=O) groups excluding carboxylic acids is 1. The van der Waals surface area contributed by atoms with Gasteiger partial charge in [-0.3, -0.25) is 4.79 Å². The number of aliphatic imine (C=N–C) groups is 1. The molecule has 2 atom stereocenters. The van der Waals surface area contributed by atoms with Crippen molar-refractivity contribution in [2.24, 2.45) is 4.99 Å². The first-order valence-corrected chi connectivity index (χ1v) is 8.31. The van der Waals surface area contributed by atoms with Gasteiger partial charge in [0.25, 0.3) is 0 Å². The number of fused-ring (bicyclic) bond motifs is 1. The first-order chi connectivity index (χ1) is 10.8. The Morgan fingerprint density at radius 1 is 1.43 bits per heavy atom. The Hall–Kier alpha value is -1.00. The van der Waals surface area contributed by atoms with Crippen molar-refractivity contribution in [3.63, 3.8) is 0 Å². The van der Waals surface area contributed by atoms with E-state index in [1.54, 1.807) is 26.0 Å². The highest BCUT2D eigenvalue weighted by Gasteiger charge is 2.41. The molecule has 2 aliphatic rings. The third kappa shape index (κ3) is 3.43. The van der Waals surface area contributed by atoms with Crippen molar-refractivity contribution in [2.45, 2.75) is 25.3 Å². The SMILES string of the molecule is C=C/C=C(Cl)\C(=C(/C)Cl)N1C(C)=CC(=O)C2=C(Cl)N=CC(Cl)C21. The van der Waals surface area contributed by atoms with Crippen LogP contribution >= 0.6 is 46.4 Å². The number of rotatable bonds is 3. The molecule has 2 heterocycles. The molecule has 2 aliphatic heterocycles. The predicted octanol–water partition coefficient (Wildman–Crippen LogP) is 5.06. The van der Waals surface area contributed by atoms with Crippen LogP contribution in [0.5, 0.6) is 0 Å². The van der Waals surface area contributed by atoms with Crippen LogP contribution in [0, 0.1) is 0 Å². The molecule has 0 saturated heterocycles. The van der Waals surface area contributed by atoms with E-state index in [-0.39, 0.29) is 10.9 Å². The van der Waals surface area contributed by atoms with Gasteiger partial charge in [-0.25, -0.2) is 4.99 Å². The predicted molar refractivity (Wildman–Crippen MR) is 98.1 cm³/mol. The Balaban J connectivity index is 2.70. The van der Waals surface area contributed by atoms with E-state index in [1.807, 2.05) is 4.90 Å². The zero-order chi connectivity index (χ0) is 17.3. The molecule has 0 N–H and O–H groups in total. The summed E-state index contributed by atoms with van der Waals surface area (Å²) in [5, 5.41) is 0.411. The zero-order valence-corrected chi connectivity index (χ0v) is 15.5. The monoisotopic (exact) mass is 390 g/mol. The largest absolute Gasteiger partial charge is 0.333 e. The number of allylic oxidation sites excluding steroid dienone is 6. The third-order valence-electron chi connectivity index (χ3n) is 3.47. The second-order valence-corrected chi connectivity index (χ2v) is 6.86. The van der Waals surface area contributed by atoms with E-state index < -0.39 is 11.4 Å². The Labute approximate surface area is 155 Å². The first-order valence-electron chi connectivity index (χ1n) is 6.74. The number of nitrogens with zero attached hydrogens (tertiary/aromatic N) is 2. The molecule has 0 aliphatic carbocycles. The fraction of sp³-hybridized carbons (Fsp3) is 0.250. The molecule has 23 heavy (non-hydrogen) atoms. The van der Waals surface area contributed by atoms with E-state index in [1.165, 1.54) is 12.3 Å². The van der Waals surface area contributed by atoms with Crippen LogP contribution in [0.4, 0.5) is 0 Å². The summed E-state index contributed by atoms with van der Waals surface area (Å²) in [5.74, 6) is -0.216. The second-order valence-electron chi connectivity index (χ2n) is 5.02. The summed E-state index contributed by atoms with van der Waals surface area (Å²) in [7, 11) is 0. The molecule has 0 bridgehead atoms. The molecule has 0 amide bonds. The summed E-state index contributed by atoms with van der Waals surface area (Å²) in [6, 6.07) is -0.533. The Morgan fingerprint density at radius 2 is 2.09 bits per heavy atom. The van der Waals surface area contributed by atoms with E-state index in [2.05, 4.69) is 11.6 Å². The Morgan fingerprint density at radius 3 is 2.65 bits per heavy atom. The Kier molecular flexibility index (Phi) is 5.79. The minimum Gasteiger partial charge on any atom is -0.333 e. The standard InChI is InChI=1S/C16H14Cl4N2O/c1-4-5-10(18)14(9(3)17)22-8(2)6-12(23)13-15(22)11(19)7-21-16(13)20/h4-7,11,15H,1H2,2-3H3/b10-5+,14-9-. The maximum Gasteiger partial charge on any atom is 0.188 e. The second kappa shape index (κ2) is 7.27. The van der Waals surface area contributed by atoms with Gasteiger partial charge in [0.15, 0.2) is 5.78 Å². The molecule has 7 heteroatoms. The molecule has 122 valence electrons. The normalized spacial score (nSPS) is 26.0. The van der Waals surface area contributed by atoms with E-state index in [0.717, 1.165) is 0 Å². The van der Waals surface area contributed by atoms with Crippen LogP contribution in [0.15, 0.2) is 62.0 Å². The molecule has 2 unspecified atom stereocenters. The van der Waals surface area contributed by atoms with Crippen molar-refractivity contribution in [3.8, 4) is 0 Å². The average molecular weight is 392 g/mol. The molecule has 0 aromatic heterocycles. The van der Waals surface area contributed by atoms with Crippen molar-refractivity contribution in [1.29, 1.82) is 0 Å². The van der Waals surface area contributed by atoms with Gasteiger partial charge < -0.3 is 4.90 Å². The van der Waals surface area contributed by atoms with Gasteiger partial charge in [-0.2, -0.15) is 0 Å². The number of halogens is 4. The van der Waals surface area contributed by atoms with Crippen LogP contribution in [-0.2, 0) is 4.79 Å². The fourth-order valence-electron chi connectivity index (χ4n) is 2.59. The van der Waals surface area contributed by atoms with Crippen molar-refractivity contribution in [1.82, 2.24) is 4.90 Å². The van der Waals surface area contributed by atoms with E-state index in [0.29, 0.717) is 27.0 Å². The van der Waals surface area contributed by atoms with Crippen molar-refractivity contribution < 1.29 is 4.79 Å². The molecule has 0 saturated carbocycles. The molecule has 0 spiro atoms. The van der Waals surface area contributed by atoms with Gasteiger partial charge in [0.2, 0.25) is 0 Å². The van der Waals surface area contributed by atoms with Gasteiger partial charge in [-0.15, -0.1) is 11.6 Å². The maximum absolute atomic E-state index is 12.3. The van der Waals surface area contributed by atoms with E-state index in [4.69, 9.17) is 46.4 Å². The zero-order valence-electron chi connectivity index (χ0n) is 12.5. The highest BCUT2D eigenvalue weighted by Crippen LogP contribution is 2.40. The highest BCUT2D eigenvalue weighted by atomic mass is 35.5. The molecule has 0 aromatic rings. The average Bonchev–Trinajstić information content (AvgIpc) is 2.45. The molecule has 2 rings (SSSR count). The number of alkyl halides is 1. The lowest BCUT2D eigenvalue weighted by Gasteiger charge is -2.42. The lowest BCUT2D eigenvalue weighted by atomic mass is 9.91. The van der Waals surface area contributed by atoms with Gasteiger partial charge in [0, 0.05) is 23.0 Å². The summed E-state index contributed by atoms with van der Waals surface area (Å²) in [6.07, 6.45) is 6.15. The number of hydrogen-bond donors (Lipinski definition) is 0. The summed E-state index contributed by atoms with van der Waals surface area (Å²) in [5.41, 5.74) is 1.54. The number of ketones is 1. The van der Waals surface area contributed by atoms with Crippen LogP contribution in [0.1, 0.15) is 13.8 Å². The fourth-order valence-corrected chi connectivity index (χ4v) is 3.71. The van der Waals surface area contributed by atoms with Gasteiger partial charge in [0.05, 0.1) is 27.7 Å². The number of hydrogen-bond acceptors (Lipinski definition) is 3. The van der Waals surface area contributed by atoms with Crippen LogP contribution in [0.3, 0.4) is 0 Å². The lowest BCUT2D eigenvalue weighted by molar-refractivity contribution is -0.112. The van der Waals surface area contributed by atoms with E-state index >= 15 is 0 Å². The highest BCUT2D eigenvalue weighted by molar-refractivity contribution is 6.37. The van der Waals surface area contributed by atoms with Crippen LogP contribution in [0.25, 0.3) is 0 Å². The quantitative estimate of drug-likeness (QED) is 0.382. The maximum atomic E-state index is 12.3. The van der Waals surface area contributed by atoms with Gasteiger partial charge >= 0.3 is 0 Å². The van der Waals surface area contributed by atoms with Crippen molar-refractivity contribution in [3.05, 3.63) is 57.0 Å². The first kappa shape index (κ1) is 18.3. The smallest absolute Gasteiger partial charge is 0.188 e. The van der Waals surface area contributed by atoms with Gasteiger partial charge in [-0.1, -0.05) is 47.5 Å². The van der Waals surface area contributed by atoms with Crippen molar-refractivity contribution in [2.75, 3.05) is 0 Å². The molecular weight excluding hydrogens is 378 g/mol. The molecule has 0 fully saturated rings. The molecule has 0 aromatic carbocycles. The third-order valence-corrected chi connectivity index (χ3v) is 4.61. The number of carbonyl (C=O) groups is 1. The lowest BCUT2D eigenvalue weighted by Crippen LogP contribution is -2.48. The topological polar surface area (TPSA) is 32.7 Å². The van der Waals surface area contributed by atoms with Crippen molar-refractivity contribution >= 4 is 58.4 Å². The minimum atomic E-state index is -0.556. The summed E-state index contributed by atoms with van der Waals surface area (Å²) >= 11 is 25.1. The Bertz CT molecular complexity index is 712. The summed E-state index contributed by atoms with van der Waals surface area (Å²) in [6.45, 7) is 7.14. The summed E-state index contributed by atoms with van der Waals surface area (Å²) < 4.78 is 0. The molecular formula is C16H14Cl4N2O. The van der Waals surface area contributed by atoms with Crippen LogP contribution < -0.4 is 0 Å².